The summed E-state index contributed by atoms with van der Waals surface area (Å²) in [5.74, 6) is -0.110. The lowest BCUT2D eigenvalue weighted by Gasteiger charge is -2.37. The minimum atomic E-state index is -1.96. The molecular formula is C26H32BFN2O4. The summed E-state index contributed by atoms with van der Waals surface area (Å²) in [4.78, 5) is 15.5. The summed E-state index contributed by atoms with van der Waals surface area (Å²) in [6, 6.07) is 7.65. The molecule has 1 aromatic heterocycles. The quantitative estimate of drug-likeness (QED) is 0.493. The maximum Gasteiger partial charge on any atom is 0.493 e. The highest BCUT2D eigenvalue weighted by molar-refractivity contribution is 6.60. The number of rotatable bonds is 5. The van der Waals surface area contributed by atoms with Gasteiger partial charge in [-0.05, 0) is 62.8 Å². The molecule has 0 radical (unpaired) electrons. The van der Waals surface area contributed by atoms with E-state index in [2.05, 4.69) is 24.1 Å². The molecule has 1 fully saturated rings. The van der Waals surface area contributed by atoms with Crippen LogP contribution in [0, 0.1) is 25.1 Å². The average Bonchev–Trinajstić information content (AvgIpc) is 2.76. The number of nitrogens with one attached hydrogen (secondary N) is 1. The third kappa shape index (κ3) is 4.57. The smallest absolute Gasteiger partial charge is 0.440 e. The normalized spacial score (nSPS) is 16.5. The minimum absolute atomic E-state index is 0.0598. The Morgan fingerprint density at radius 1 is 1.18 bits per heavy atom. The molecule has 34 heavy (non-hydrogen) atoms. The van der Waals surface area contributed by atoms with Gasteiger partial charge in [-0.15, -0.1) is 0 Å². The Hall–Kier alpha value is -2.84. The summed E-state index contributed by atoms with van der Waals surface area (Å²) in [5, 5.41) is 23.0. The van der Waals surface area contributed by atoms with Crippen LogP contribution in [0.3, 0.4) is 0 Å². The van der Waals surface area contributed by atoms with Gasteiger partial charge in [0.1, 0.15) is 11.4 Å². The van der Waals surface area contributed by atoms with Crippen molar-refractivity contribution in [1.82, 2.24) is 0 Å². The highest BCUT2D eigenvalue weighted by Gasteiger charge is 2.29. The predicted molar refractivity (Wildman–Crippen MR) is 135 cm³/mol. The van der Waals surface area contributed by atoms with Crippen LogP contribution in [-0.4, -0.2) is 30.3 Å². The summed E-state index contributed by atoms with van der Waals surface area (Å²) >= 11 is 0. The molecule has 0 amide bonds. The van der Waals surface area contributed by atoms with Crippen molar-refractivity contribution in [3.05, 3.63) is 63.1 Å². The van der Waals surface area contributed by atoms with Gasteiger partial charge in [-0.1, -0.05) is 26.0 Å². The van der Waals surface area contributed by atoms with Crippen molar-refractivity contribution in [1.29, 1.82) is 0 Å². The van der Waals surface area contributed by atoms with Crippen molar-refractivity contribution in [3.63, 3.8) is 0 Å². The molecule has 1 atom stereocenters. The molecule has 1 aliphatic rings. The second-order valence-electron chi connectivity index (χ2n) is 10.2. The number of benzene rings is 2. The fraction of sp³-hybridized carbons (Fsp3) is 0.423. The Bertz CT molecular complexity index is 1280. The fourth-order valence-electron chi connectivity index (χ4n) is 4.73. The first-order valence-electron chi connectivity index (χ1n) is 11.7. The Morgan fingerprint density at radius 3 is 2.50 bits per heavy atom. The molecule has 6 nitrogen and oxygen atoms in total. The number of hydrogen-bond acceptors (Lipinski definition) is 6. The summed E-state index contributed by atoms with van der Waals surface area (Å²) in [7, 11) is -1.96. The van der Waals surface area contributed by atoms with Crippen LogP contribution in [0.25, 0.3) is 11.0 Å². The van der Waals surface area contributed by atoms with Crippen LogP contribution in [0.2, 0.25) is 0 Å². The van der Waals surface area contributed by atoms with Crippen LogP contribution in [0.15, 0.2) is 39.5 Å². The van der Waals surface area contributed by atoms with Crippen molar-refractivity contribution in [2.24, 2.45) is 5.41 Å². The minimum Gasteiger partial charge on any atom is -0.440 e. The van der Waals surface area contributed by atoms with E-state index in [1.807, 2.05) is 32.9 Å². The summed E-state index contributed by atoms with van der Waals surface area (Å²) in [5.41, 5.74) is 2.98. The lowest BCUT2D eigenvalue weighted by molar-refractivity contribution is 0.274. The number of fused-ring (bicyclic) bond motifs is 1. The lowest BCUT2D eigenvalue weighted by atomic mass is 9.78. The van der Waals surface area contributed by atoms with Gasteiger partial charge < -0.3 is 24.7 Å². The van der Waals surface area contributed by atoms with E-state index in [0.29, 0.717) is 22.4 Å². The lowest BCUT2D eigenvalue weighted by Crippen LogP contribution is -2.38. The van der Waals surface area contributed by atoms with E-state index in [9.17, 15) is 19.2 Å². The van der Waals surface area contributed by atoms with E-state index in [1.165, 1.54) is 12.1 Å². The van der Waals surface area contributed by atoms with Gasteiger partial charge in [0.25, 0.3) is 0 Å². The SMILES string of the molecule is Cc1cc([C@H](C)Nc2cccc(F)c2B(O)O)c2oc(N3CCC(C)(C)CC3)c(C)c(=O)c2c1. The second-order valence-corrected chi connectivity index (χ2v) is 10.2. The number of hydrogen-bond donors (Lipinski definition) is 3. The van der Waals surface area contributed by atoms with Crippen molar-refractivity contribution >= 4 is 35.1 Å². The van der Waals surface area contributed by atoms with Gasteiger partial charge in [0.15, 0.2) is 5.43 Å². The van der Waals surface area contributed by atoms with Crippen molar-refractivity contribution in [2.45, 2.75) is 53.5 Å². The van der Waals surface area contributed by atoms with Gasteiger partial charge in [-0.25, -0.2) is 4.39 Å². The topological polar surface area (TPSA) is 85.9 Å². The third-order valence-corrected chi connectivity index (χ3v) is 6.92. The predicted octanol–water partition coefficient (Wildman–Crippen LogP) is 4.03. The largest absolute Gasteiger partial charge is 0.493 e. The van der Waals surface area contributed by atoms with Gasteiger partial charge in [0.2, 0.25) is 5.88 Å². The van der Waals surface area contributed by atoms with E-state index in [4.69, 9.17) is 4.42 Å². The zero-order valence-corrected chi connectivity index (χ0v) is 20.4. The van der Waals surface area contributed by atoms with Crippen molar-refractivity contribution in [3.8, 4) is 0 Å². The Kier molecular flexibility index (Phi) is 6.49. The summed E-state index contributed by atoms with van der Waals surface area (Å²) in [6.45, 7) is 11.7. The van der Waals surface area contributed by atoms with Crippen LogP contribution in [0.1, 0.15) is 56.3 Å². The van der Waals surface area contributed by atoms with Crippen LogP contribution in [0.5, 0.6) is 0 Å². The molecular weight excluding hydrogens is 434 g/mol. The number of anilines is 2. The summed E-state index contributed by atoms with van der Waals surface area (Å²) in [6.07, 6.45) is 2.03. The second kappa shape index (κ2) is 9.08. The molecule has 8 heteroatoms. The average molecular weight is 466 g/mol. The van der Waals surface area contributed by atoms with E-state index >= 15 is 0 Å². The number of nitrogens with zero attached hydrogens (tertiary/aromatic N) is 1. The van der Waals surface area contributed by atoms with Gasteiger partial charge in [0.05, 0.1) is 17.0 Å². The number of aryl methyl sites for hydroxylation is 1. The van der Waals surface area contributed by atoms with E-state index < -0.39 is 19.0 Å². The molecule has 0 spiro atoms. The monoisotopic (exact) mass is 466 g/mol. The maximum atomic E-state index is 14.3. The fourth-order valence-corrected chi connectivity index (χ4v) is 4.73. The Balaban J connectivity index is 1.80. The van der Waals surface area contributed by atoms with Gasteiger partial charge in [0, 0.05) is 29.8 Å². The molecule has 2 heterocycles. The van der Waals surface area contributed by atoms with Crippen molar-refractivity contribution in [2.75, 3.05) is 23.3 Å². The Morgan fingerprint density at radius 2 is 1.85 bits per heavy atom. The van der Waals surface area contributed by atoms with Crippen LogP contribution in [-0.2, 0) is 0 Å². The first kappa shape index (κ1) is 24.3. The first-order valence-corrected chi connectivity index (χ1v) is 11.7. The Labute approximate surface area is 199 Å². The molecule has 0 bridgehead atoms. The molecule has 0 saturated carbocycles. The zero-order chi connectivity index (χ0) is 24.8. The standard InChI is InChI=1S/C26H32BFN2O4/c1-15-13-18(17(3)29-21-8-6-7-20(28)22(21)27(32)33)24-19(14-15)23(31)16(2)25(34-24)30-11-9-26(4,5)10-12-30/h6-8,13-14,17,29,32-33H,9-12H2,1-5H3/t17-/m0/s1. The van der Waals surface area contributed by atoms with Crippen LogP contribution >= 0.6 is 0 Å². The maximum absolute atomic E-state index is 14.3. The van der Waals surface area contributed by atoms with Crippen molar-refractivity contribution < 1.29 is 18.9 Å². The molecule has 0 aliphatic carbocycles. The molecule has 0 unspecified atom stereocenters. The number of halogens is 1. The molecule has 1 aliphatic heterocycles. The number of piperidine rings is 1. The van der Waals surface area contributed by atoms with E-state index in [-0.39, 0.29) is 22.0 Å². The molecule has 3 aromatic rings. The third-order valence-electron chi connectivity index (χ3n) is 6.92. The van der Waals surface area contributed by atoms with E-state index in [0.717, 1.165) is 37.1 Å². The molecule has 2 aromatic carbocycles. The molecule has 1 saturated heterocycles. The van der Waals surface area contributed by atoms with Gasteiger partial charge >= 0.3 is 7.12 Å². The van der Waals surface area contributed by atoms with E-state index in [1.54, 1.807) is 6.07 Å². The highest BCUT2D eigenvalue weighted by atomic mass is 19.1. The van der Waals surface area contributed by atoms with Gasteiger partial charge in [-0.3, -0.25) is 4.79 Å². The van der Waals surface area contributed by atoms with Crippen LogP contribution in [0.4, 0.5) is 16.0 Å². The molecule has 4 rings (SSSR count). The zero-order valence-electron chi connectivity index (χ0n) is 20.4. The highest BCUT2D eigenvalue weighted by Crippen LogP contribution is 2.35. The molecule has 180 valence electrons. The van der Waals surface area contributed by atoms with Gasteiger partial charge in [-0.2, -0.15) is 0 Å². The van der Waals surface area contributed by atoms with Crippen LogP contribution < -0.4 is 21.1 Å². The summed E-state index contributed by atoms with van der Waals surface area (Å²) < 4.78 is 20.7. The first-order chi connectivity index (χ1) is 16.0. The molecule has 3 N–H and O–H groups in total.